The number of anilines is 1. The van der Waals surface area contributed by atoms with E-state index in [9.17, 15) is 24.5 Å². The van der Waals surface area contributed by atoms with Crippen LogP contribution in [-0.4, -0.2) is 29.9 Å². The summed E-state index contributed by atoms with van der Waals surface area (Å²) in [5.74, 6) is -1.30. The minimum absolute atomic E-state index is 0.0957. The van der Waals surface area contributed by atoms with Crippen LogP contribution in [0.3, 0.4) is 0 Å². The number of halogens is 1. The minimum Gasteiger partial charge on any atom is -0.497 e. The number of barbiturate groups is 1. The Hall–Kier alpha value is -3.72. The highest BCUT2D eigenvalue weighted by molar-refractivity contribution is 6.39. The van der Waals surface area contributed by atoms with E-state index in [1.165, 1.54) is 31.4 Å². The summed E-state index contributed by atoms with van der Waals surface area (Å²) in [7, 11) is 1.47. The molecule has 0 radical (unpaired) electrons. The number of urea groups is 1. The van der Waals surface area contributed by atoms with Gasteiger partial charge in [0.2, 0.25) is 0 Å². The molecule has 2 aromatic carbocycles. The fourth-order valence-electron chi connectivity index (χ4n) is 2.53. The molecule has 2 aromatic rings. The van der Waals surface area contributed by atoms with E-state index in [2.05, 4.69) is 5.32 Å². The maximum Gasteiger partial charge on any atom is 0.335 e. The maximum absolute atomic E-state index is 12.8. The summed E-state index contributed by atoms with van der Waals surface area (Å²) in [4.78, 5) is 48.3. The van der Waals surface area contributed by atoms with Gasteiger partial charge in [-0.05, 0) is 36.4 Å². The Labute approximate surface area is 163 Å². The number of amides is 4. The molecule has 0 saturated carbocycles. The zero-order valence-electron chi connectivity index (χ0n) is 14.3. The van der Waals surface area contributed by atoms with Crippen molar-refractivity contribution in [2.24, 2.45) is 0 Å². The average Bonchev–Trinajstić information content (AvgIpc) is 2.66. The van der Waals surface area contributed by atoms with Gasteiger partial charge in [0, 0.05) is 22.7 Å². The zero-order valence-corrected chi connectivity index (χ0v) is 15.1. The number of methoxy groups -OCH3 is 1. The molecule has 1 N–H and O–H groups in total. The second-order valence-electron chi connectivity index (χ2n) is 5.62. The second kappa shape index (κ2) is 7.49. The summed E-state index contributed by atoms with van der Waals surface area (Å²) >= 11 is 6.03. The first-order valence-corrected chi connectivity index (χ1v) is 8.19. The first-order valence-electron chi connectivity index (χ1n) is 7.81. The molecule has 0 aromatic heterocycles. The third kappa shape index (κ3) is 3.55. The summed E-state index contributed by atoms with van der Waals surface area (Å²) in [6, 6.07) is 8.74. The molecular formula is C18H12ClN3O6. The molecule has 10 heteroatoms. The molecule has 1 heterocycles. The number of non-ortho nitro benzene ring substituents is 1. The normalized spacial score (nSPS) is 15.6. The van der Waals surface area contributed by atoms with Gasteiger partial charge in [0.25, 0.3) is 17.5 Å². The molecule has 0 bridgehead atoms. The number of carbonyl (C=O) groups excluding carboxylic acids is 3. The van der Waals surface area contributed by atoms with Crippen molar-refractivity contribution in [1.29, 1.82) is 0 Å². The number of nitrogens with one attached hydrogen (secondary N) is 1. The predicted molar refractivity (Wildman–Crippen MR) is 100 cm³/mol. The van der Waals surface area contributed by atoms with Crippen LogP contribution in [0.15, 0.2) is 48.0 Å². The molecule has 9 nitrogen and oxygen atoms in total. The van der Waals surface area contributed by atoms with Crippen LogP contribution in [0.2, 0.25) is 5.02 Å². The molecular weight excluding hydrogens is 390 g/mol. The van der Waals surface area contributed by atoms with Gasteiger partial charge in [0.05, 0.1) is 17.7 Å². The van der Waals surface area contributed by atoms with Gasteiger partial charge in [0.15, 0.2) is 0 Å². The van der Waals surface area contributed by atoms with Crippen molar-refractivity contribution >= 4 is 46.9 Å². The summed E-state index contributed by atoms with van der Waals surface area (Å²) < 4.78 is 5.03. The van der Waals surface area contributed by atoms with Crippen LogP contribution >= 0.6 is 11.6 Å². The first kappa shape index (κ1) is 19.1. The molecule has 4 amide bonds. The lowest BCUT2D eigenvalue weighted by atomic mass is 10.1. The van der Waals surface area contributed by atoms with Crippen molar-refractivity contribution in [3.63, 3.8) is 0 Å². The van der Waals surface area contributed by atoms with E-state index in [0.29, 0.717) is 5.75 Å². The lowest BCUT2D eigenvalue weighted by Gasteiger charge is -2.26. The number of imide groups is 2. The maximum atomic E-state index is 12.8. The van der Waals surface area contributed by atoms with Crippen LogP contribution in [0.1, 0.15) is 5.56 Å². The highest BCUT2D eigenvalue weighted by Crippen LogP contribution is 2.27. The Morgan fingerprint density at radius 3 is 2.43 bits per heavy atom. The quantitative estimate of drug-likeness (QED) is 0.364. The molecule has 3 rings (SSSR count). The van der Waals surface area contributed by atoms with Gasteiger partial charge in [0.1, 0.15) is 11.3 Å². The van der Waals surface area contributed by atoms with Crippen molar-refractivity contribution in [2.75, 3.05) is 12.0 Å². The zero-order chi connectivity index (χ0) is 20.4. The molecule has 0 unspecified atom stereocenters. The molecule has 0 aliphatic carbocycles. The Bertz CT molecular complexity index is 1030. The first-order chi connectivity index (χ1) is 13.3. The predicted octanol–water partition coefficient (Wildman–Crippen LogP) is 2.92. The summed E-state index contributed by atoms with van der Waals surface area (Å²) in [6.45, 7) is 0. The monoisotopic (exact) mass is 401 g/mol. The van der Waals surface area contributed by atoms with Gasteiger partial charge in [-0.3, -0.25) is 25.0 Å². The number of benzene rings is 2. The van der Waals surface area contributed by atoms with Gasteiger partial charge in [-0.25, -0.2) is 9.69 Å². The Morgan fingerprint density at radius 1 is 1.14 bits per heavy atom. The number of nitro groups is 1. The van der Waals surface area contributed by atoms with Gasteiger partial charge in [-0.1, -0.05) is 11.6 Å². The topological polar surface area (TPSA) is 119 Å². The summed E-state index contributed by atoms with van der Waals surface area (Å²) in [6.07, 6.45) is 1.11. The number of hydrogen-bond donors (Lipinski definition) is 1. The van der Waals surface area contributed by atoms with Crippen molar-refractivity contribution < 1.29 is 24.0 Å². The molecule has 142 valence electrons. The molecule has 0 atom stereocenters. The average molecular weight is 402 g/mol. The highest BCUT2D eigenvalue weighted by Gasteiger charge is 2.37. The van der Waals surface area contributed by atoms with Crippen molar-refractivity contribution in [2.45, 2.75) is 0 Å². The Morgan fingerprint density at radius 2 is 1.82 bits per heavy atom. The molecule has 0 spiro atoms. The number of ether oxygens (including phenoxy) is 1. The number of carbonyl (C=O) groups is 3. The van der Waals surface area contributed by atoms with Crippen LogP contribution in [0.25, 0.3) is 6.08 Å². The Kier molecular flexibility index (Phi) is 5.10. The lowest BCUT2D eigenvalue weighted by molar-refractivity contribution is -0.384. The standard InChI is InChI=1S/C18H12ClN3O6/c1-28-13-5-2-11(3-6-13)21-17(24)14(16(23)20-18(21)25)9-10-8-12(22(26)27)4-7-15(10)19/h2-9H,1H3,(H,20,23,25)/b14-9+. The van der Waals surface area contributed by atoms with Crippen LogP contribution < -0.4 is 15.0 Å². The van der Waals surface area contributed by atoms with E-state index in [1.807, 2.05) is 0 Å². The largest absolute Gasteiger partial charge is 0.497 e. The summed E-state index contributed by atoms with van der Waals surface area (Å²) in [5, 5.41) is 13.1. The minimum atomic E-state index is -0.928. The second-order valence-corrected chi connectivity index (χ2v) is 6.03. The summed E-state index contributed by atoms with van der Waals surface area (Å²) in [5.41, 5.74) is -0.342. The van der Waals surface area contributed by atoms with Crippen molar-refractivity contribution in [3.8, 4) is 5.75 Å². The highest BCUT2D eigenvalue weighted by atomic mass is 35.5. The van der Waals surface area contributed by atoms with Gasteiger partial charge in [-0.15, -0.1) is 0 Å². The van der Waals surface area contributed by atoms with Gasteiger partial charge >= 0.3 is 6.03 Å². The van der Waals surface area contributed by atoms with Crippen LogP contribution in [-0.2, 0) is 9.59 Å². The lowest BCUT2D eigenvalue weighted by Crippen LogP contribution is -2.54. The molecule has 28 heavy (non-hydrogen) atoms. The van der Waals surface area contributed by atoms with Crippen molar-refractivity contribution in [3.05, 3.63) is 68.7 Å². The SMILES string of the molecule is COc1ccc(N2C(=O)NC(=O)/C(=C\c3cc([N+](=O)[O-])ccc3Cl)C2=O)cc1. The Balaban J connectivity index is 2.03. The van der Waals surface area contributed by atoms with Crippen LogP contribution in [0.5, 0.6) is 5.75 Å². The van der Waals surface area contributed by atoms with E-state index < -0.39 is 28.3 Å². The van der Waals surface area contributed by atoms with E-state index in [1.54, 1.807) is 12.1 Å². The third-order valence-electron chi connectivity index (χ3n) is 3.92. The fourth-order valence-corrected chi connectivity index (χ4v) is 2.71. The van der Waals surface area contributed by atoms with E-state index >= 15 is 0 Å². The third-order valence-corrected chi connectivity index (χ3v) is 4.27. The number of rotatable bonds is 4. The van der Waals surface area contributed by atoms with E-state index in [-0.39, 0.29) is 22.0 Å². The molecule has 1 aliphatic heterocycles. The molecule has 1 aliphatic rings. The van der Waals surface area contributed by atoms with Crippen LogP contribution in [0, 0.1) is 10.1 Å². The van der Waals surface area contributed by atoms with Crippen LogP contribution in [0.4, 0.5) is 16.2 Å². The smallest absolute Gasteiger partial charge is 0.335 e. The van der Waals surface area contributed by atoms with Gasteiger partial charge in [-0.2, -0.15) is 0 Å². The number of nitrogens with zero attached hydrogens (tertiary/aromatic N) is 2. The number of nitro benzene ring substituents is 1. The molecule has 1 saturated heterocycles. The van der Waals surface area contributed by atoms with E-state index in [4.69, 9.17) is 16.3 Å². The van der Waals surface area contributed by atoms with Gasteiger partial charge < -0.3 is 4.74 Å². The van der Waals surface area contributed by atoms with E-state index in [0.717, 1.165) is 17.0 Å². The molecule has 1 fully saturated rings. The fraction of sp³-hybridized carbons (Fsp3) is 0.0556. The van der Waals surface area contributed by atoms with Crippen molar-refractivity contribution in [1.82, 2.24) is 5.32 Å². The number of hydrogen-bond acceptors (Lipinski definition) is 6.